The molecule has 11 heteroatoms. The lowest BCUT2D eigenvalue weighted by Gasteiger charge is -2.18. The number of carbonyl (C=O) groups excluding carboxylic acids is 3. The Balaban J connectivity index is 1.73. The molecule has 0 bridgehead atoms. The first-order chi connectivity index (χ1) is 17.1. The molecule has 0 spiro atoms. The van der Waals surface area contributed by atoms with Crippen LogP contribution >= 0.6 is 0 Å². The van der Waals surface area contributed by atoms with Gasteiger partial charge < -0.3 is 30.8 Å². The number of rotatable bonds is 7. The van der Waals surface area contributed by atoms with E-state index in [4.69, 9.17) is 0 Å². The molecule has 0 saturated heterocycles. The van der Waals surface area contributed by atoms with Gasteiger partial charge in [-0.25, -0.2) is 0 Å². The Morgan fingerprint density at radius 1 is 0.750 bits per heavy atom. The van der Waals surface area contributed by atoms with Gasteiger partial charge in [-0.2, -0.15) is 0 Å². The van der Waals surface area contributed by atoms with Crippen LogP contribution in [0.25, 0.3) is 6.08 Å². The van der Waals surface area contributed by atoms with Gasteiger partial charge in [-0.05, 0) is 53.6 Å². The minimum Gasteiger partial charge on any atom is -0.507 e. The van der Waals surface area contributed by atoms with Crippen molar-refractivity contribution in [3.8, 4) is 28.7 Å². The van der Waals surface area contributed by atoms with Crippen molar-refractivity contribution >= 4 is 23.8 Å². The predicted molar refractivity (Wildman–Crippen MR) is 128 cm³/mol. The fourth-order valence-corrected chi connectivity index (χ4v) is 3.12. The number of phenols is 5. The van der Waals surface area contributed by atoms with E-state index < -0.39 is 29.5 Å². The van der Waals surface area contributed by atoms with Crippen LogP contribution < -0.4 is 16.2 Å². The van der Waals surface area contributed by atoms with Crippen LogP contribution in [-0.4, -0.2) is 49.3 Å². The molecule has 186 valence electrons. The largest absolute Gasteiger partial charge is 0.507 e. The SMILES string of the molecule is O=C(C=Cc1ccc(O)c(O)c1)N[C@@H](Cc1ccc(O)c(O)c1)C(=O)NNC(=O)c1ccccc1O. The van der Waals surface area contributed by atoms with Gasteiger partial charge in [0, 0.05) is 12.5 Å². The Kier molecular flexibility index (Phi) is 7.98. The molecule has 3 aromatic rings. The minimum absolute atomic E-state index is 0.0815. The number of amides is 3. The summed E-state index contributed by atoms with van der Waals surface area (Å²) >= 11 is 0. The third-order valence-corrected chi connectivity index (χ3v) is 4.99. The van der Waals surface area contributed by atoms with Gasteiger partial charge in [0.1, 0.15) is 11.8 Å². The number of nitrogens with one attached hydrogen (secondary N) is 3. The zero-order valence-electron chi connectivity index (χ0n) is 18.7. The molecule has 0 aromatic heterocycles. The van der Waals surface area contributed by atoms with E-state index in [-0.39, 0.29) is 35.0 Å². The fraction of sp³-hybridized carbons (Fsp3) is 0.0800. The van der Waals surface area contributed by atoms with Crippen molar-refractivity contribution in [1.29, 1.82) is 0 Å². The van der Waals surface area contributed by atoms with Gasteiger partial charge in [-0.1, -0.05) is 24.3 Å². The van der Waals surface area contributed by atoms with Crippen LogP contribution in [0.3, 0.4) is 0 Å². The molecule has 0 aliphatic carbocycles. The van der Waals surface area contributed by atoms with Crippen LogP contribution in [-0.2, 0) is 16.0 Å². The van der Waals surface area contributed by atoms with Crippen molar-refractivity contribution in [3.05, 3.63) is 83.4 Å². The molecular formula is C25H23N3O8. The van der Waals surface area contributed by atoms with E-state index in [0.29, 0.717) is 11.1 Å². The average Bonchev–Trinajstić information content (AvgIpc) is 2.85. The number of benzene rings is 3. The normalized spacial score (nSPS) is 11.6. The monoisotopic (exact) mass is 493 g/mol. The van der Waals surface area contributed by atoms with Crippen molar-refractivity contribution in [2.24, 2.45) is 0 Å². The van der Waals surface area contributed by atoms with Crippen LogP contribution in [0, 0.1) is 0 Å². The first-order valence-corrected chi connectivity index (χ1v) is 10.5. The maximum absolute atomic E-state index is 12.8. The molecule has 3 aromatic carbocycles. The fourth-order valence-electron chi connectivity index (χ4n) is 3.12. The highest BCUT2D eigenvalue weighted by Gasteiger charge is 2.22. The molecule has 0 radical (unpaired) electrons. The average molecular weight is 493 g/mol. The second kappa shape index (κ2) is 11.3. The Labute approximate surface area is 204 Å². The van der Waals surface area contributed by atoms with E-state index in [1.807, 2.05) is 0 Å². The van der Waals surface area contributed by atoms with E-state index in [0.717, 1.165) is 6.08 Å². The Bertz CT molecular complexity index is 1320. The van der Waals surface area contributed by atoms with E-state index in [9.17, 15) is 39.9 Å². The van der Waals surface area contributed by atoms with E-state index in [1.54, 1.807) is 0 Å². The van der Waals surface area contributed by atoms with Crippen LogP contribution in [0.2, 0.25) is 0 Å². The summed E-state index contributed by atoms with van der Waals surface area (Å²) in [6, 6.07) is 12.3. The maximum atomic E-state index is 12.8. The predicted octanol–water partition coefficient (Wildman–Crippen LogP) is 1.42. The quantitative estimate of drug-likeness (QED) is 0.138. The second-order valence-electron chi connectivity index (χ2n) is 7.63. The standard InChI is InChI=1S/C25H23N3O8/c29-18-4-2-1-3-16(18)24(35)27-28-25(36)17(11-15-6-9-20(31)22(33)13-15)26-23(34)10-7-14-5-8-19(30)21(32)12-14/h1-10,12-13,17,29-33H,11H2,(H,26,34)(H,27,35)(H,28,36)/t17-/m0/s1. The molecule has 3 rings (SSSR count). The Morgan fingerprint density at radius 2 is 1.42 bits per heavy atom. The number of hydrazine groups is 1. The zero-order chi connectivity index (χ0) is 26.2. The first kappa shape index (κ1) is 25.4. The first-order valence-electron chi connectivity index (χ1n) is 10.5. The number of phenolic OH excluding ortho intramolecular Hbond substituents is 5. The van der Waals surface area contributed by atoms with Crippen molar-refractivity contribution < 1.29 is 39.9 Å². The number of aromatic hydroxyl groups is 5. The molecule has 11 nitrogen and oxygen atoms in total. The summed E-state index contributed by atoms with van der Waals surface area (Å²) in [6.45, 7) is 0. The van der Waals surface area contributed by atoms with E-state index in [1.165, 1.54) is 66.7 Å². The molecule has 8 N–H and O–H groups in total. The summed E-state index contributed by atoms with van der Waals surface area (Å²) in [5.41, 5.74) is 5.06. The van der Waals surface area contributed by atoms with Gasteiger partial charge in [0.15, 0.2) is 23.0 Å². The van der Waals surface area contributed by atoms with E-state index in [2.05, 4.69) is 16.2 Å². The lowest BCUT2D eigenvalue weighted by atomic mass is 10.0. The third kappa shape index (κ3) is 6.67. The summed E-state index contributed by atoms with van der Waals surface area (Å²) in [5, 5.41) is 50.5. The van der Waals surface area contributed by atoms with Crippen molar-refractivity contribution in [2.75, 3.05) is 0 Å². The highest BCUT2D eigenvalue weighted by Crippen LogP contribution is 2.26. The van der Waals surface area contributed by atoms with Crippen LogP contribution in [0.5, 0.6) is 28.7 Å². The van der Waals surface area contributed by atoms with E-state index >= 15 is 0 Å². The molecule has 0 aliphatic rings. The van der Waals surface area contributed by atoms with Gasteiger partial charge >= 0.3 is 0 Å². The molecule has 1 atom stereocenters. The van der Waals surface area contributed by atoms with Crippen molar-refractivity contribution in [3.63, 3.8) is 0 Å². The second-order valence-corrected chi connectivity index (χ2v) is 7.63. The molecule has 0 unspecified atom stereocenters. The maximum Gasteiger partial charge on any atom is 0.273 e. The molecule has 36 heavy (non-hydrogen) atoms. The van der Waals surface area contributed by atoms with Gasteiger partial charge in [0.05, 0.1) is 5.56 Å². The lowest BCUT2D eigenvalue weighted by molar-refractivity contribution is -0.127. The molecule has 0 heterocycles. The summed E-state index contributed by atoms with van der Waals surface area (Å²) in [6.07, 6.45) is 2.32. The smallest absolute Gasteiger partial charge is 0.273 e. The van der Waals surface area contributed by atoms with Crippen LogP contribution in [0.15, 0.2) is 66.7 Å². The Morgan fingerprint density at radius 3 is 2.08 bits per heavy atom. The number of carbonyl (C=O) groups is 3. The highest BCUT2D eigenvalue weighted by molar-refractivity contribution is 5.99. The number of hydrogen-bond donors (Lipinski definition) is 8. The number of hydrogen-bond acceptors (Lipinski definition) is 8. The summed E-state index contributed by atoms with van der Waals surface area (Å²) in [4.78, 5) is 37.6. The molecular weight excluding hydrogens is 470 g/mol. The minimum atomic E-state index is -1.23. The van der Waals surface area contributed by atoms with Crippen molar-refractivity contribution in [2.45, 2.75) is 12.5 Å². The summed E-state index contributed by atoms with van der Waals surface area (Å²) < 4.78 is 0. The van der Waals surface area contributed by atoms with Gasteiger partial charge in [0.2, 0.25) is 5.91 Å². The summed E-state index contributed by atoms with van der Waals surface area (Å²) in [5.74, 6) is -4.07. The summed E-state index contributed by atoms with van der Waals surface area (Å²) in [7, 11) is 0. The topological polar surface area (TPSA) is 188 Å². The molecule has 0 aliphatic heterocycles. The zero-order valence-corrected chi connectivity index (χ0v) is 18.7. The molecule has 0 saturated carbocycles. The molecule has 3 amide bonds. The highest BCUT2D eigenvalue weighted by atomic mass is 16.3. The van der Waals surface area contributed by atoms with Crippen LogP contribution in [0.1, 0.15) is 21.5 Å². The third-order valence-electron chi connectivity index (χ3n) is 4.99. The van der Waals surface area contributed by atoms with Gasteiger partial charge in [-0.3, -0.25) is 25.2 Å². The van der Waals surface area contributed by atoms with Crippen LogP contribution in [0.4, 0.5) is 0 Å². The van der Waals surface area contributed by atoms with Gasteiger partial charge in [-0.15, -0.1) is 0 Å². The number of para-hydroxylation sites is 1. The lowest BCUT2D eigenvalue weighted by Crippen LogP contribution is -2.53. The molecule has 0 fully saturated rings. The van der Waals surface area contributed by atoms with Gasteiger partial charge in [0.25, 0.3) is 11.8 Å². The Hall–Kier alpha value is -5.19. The van der Waals surface area contributed by atoms with Crippen molar-refractivity contribution in [1.82, 2.24) is 16.2 Å².